The van der Waals surface area contributed by atoms with Crippen LogP contribution in [0.4, 0.5) is 0 Å². The molecule has 4 aromatic rings. The van der Waals surface area contributed by atoms with Gasteiger partial charge in [0.15, 0.2) is 0 Å². The zero-order valence-corrected chi connectivity index (χ0v) is 16.9. The van der Waals surface area contributed by atoms with Crippen LogP contribution in [0.3, 0.4) is 0 Å². The van der Waals surface area contributed by atoms with E-state index in [0.717, 1.165) is 25.5 Å². The highest BCUT2D eigenvalue weighted by Gasteiger charge is 2.40. The molecule has 0 saturated carbocycles. The van der Waals surface area contributed by atoms with Gasteiger partial charge in [0.25, 0.3) is 0 Å². The number of halogens is 2. The van der Waals surface area contributed by atoms with E-state index in [1.165, 1.54) is 6.33 Å². The summed E-state index contributed by atoms with van der Waals surface area (Å²) in [6, 6.07) is 15.7. The molecule has 1 aliphatic rings. The lowest BCUT2D eigenvalue weighted by molar-refractivity contribution is 0.230. The third-order valence-corrected chi connectivity index (χ3v) is 6.26. The minimum absolute atomic E-state index is 0.400. The van der Waals surface area contributed by atoms with E-state index in [-0.39, 0.29) is 0 Å². The first-order valence-corrected chi connectivity index (χ1v) is 10.2. The number of benzene rings is 2. The lowest BCUT2D eigenvalue weighted by Crippen LogP contribution is -2.31. The third kappa shape index (κ3) is 3.17. The van der Waals surface area contributed by atoms with Gasteiger partial charge in [0, 0.05) is 14.7 Å². The minimum Gasteiger partial charge on any atom is -0.474 e. The van der Waals surface area contributed by atoms with Crippen LogP contribution in [0.25, 0.3) is 10.1 Å². The number of rotatable bonds is 4. The predicted molar refractivity (Wildman–Crippen MR) is 112 cm³/mol. The number of aliphatic imine (C=N–C) groups is 1. The van der Waals surface area contributed by atoms with Crippen molar-refractivity contribution in [1.82, 2.24) is 14.8 Å². The summed E-state index contributed by atoms with van der Waals surface area (Å²) in [7, 11) is 0. The summed E-state index contributed by atoms with van der Waals surface area (Å²) in [5.41, 5.74) is 0.358. The van der Waals surface area contributed by atoms with Crippen molar-refractivity contribution in [3.8, 4) is 0 Å². The third-order valence-electron chi connectivity index (χ3n) is 4.71. The Morgan fingerprint density at radius 2 is 2.00 bits per heavy atom. The second-order valence-electron chi connectivity index (χ2n) is 6.63. The van der Waals surface area contributed by atoms with Gasteiger partial charge in [-0.2, -0.15) is 5.10 Å². The first kappa shape index (κ1) is 17.7. The Balaban J connectivity index is 1.60. The standard InChI is InChI=1S/C20H14Cl2N4OS/c21-15-3-1-2-14(7-15)20(9-26-12-23-11-24-26)10-27-19(25-20)18-6-13-4-5-16(22)8-17(13)28-18/h1-8,11-12H,9-10H2. The highest BCUT2D eigenvalue weighted by Crippen LogP contribution is 2.37. The Morgan fingerprint density at radius 3 is 2.82 bits per heavy atom. The molecular weight excluding hydrogens is 415 g/mol. The molecule has 0 aliphatic carbocycles. The van der Waals surface area contributed by atoms with E-state index in [1.54, 1.807) is 22.3 Å². The van der Waals surface area contributed by atoms with E-state index in [0.29, 0.717) is 24.1 Å². The average molecular weight is 429 g/mol. The molecule has 1 unspecified atom stereocenters. The molecule has 0 spiro atoms. The topological polar surface area (TPSA) is 52.3 Å². The first-order valence-electron chi connectivity index (χ1n) is 8.62. The van der Waals surface area contributed by atoms with Crippen molar-refractivity contribution in [2.45, 2.75) is 12.1 Å². The average Bonchev–Trinajstić information content (AvgIpc) is 3.41. The number of hydrogen-bond acceptors (Lipinski definition) is 5. The smallest absolute Gasteiger partial charge is 0.227 e. The minimum atomic E-state index is -0.623. The van der Waals surface area contributed by atoms with Gasteiger partial charge in [-0.25, -0.2) is 9.98 Å². The van der Waals surface area contributed by atoms with E-state index in [4.69, 9.17) is 32.9 Å². The van der Waals surface area contributed by atoms with E-state index >= 15 is 0 Å². The van der Waals surface area contributed by atoms with Crippen molar-refractivity contribution in [2.75, 3.05) is 6.61 Å². The molecule has 1 aliphatic heterocycles. The largest absolute Gasteiger partial charge is 0.474 e. The number of thiophene rings is 1. The van der Waals surface area contributed by atoms with Crippen LogP contribution in [0.1, 0.15) is 10.4 Å². The van der Waals surface area contributed by atoms with Crippen LogP contribution in [0.5, 0.6) is 0 Å². The van der Waals surface area contributed by atoms with E-state index in [1.807, 2.05) is 42.5 Å². The Labute approximate surface area is 175 Å². The Hall–Kier alpha value is -2.41. The molecule has 0 bridgehead atoms. The molecule has 0 radical (unpaired) electrons. The molecule has 0 fully saturated rings. The molecule has 2 aromatic carbocycles. The fourth-order valence-corrected chi connectivity index (χ4v) is 4.84. The van der Waals surface area contributed by atoms with Crippen molar-refractivity contribution < 1.29 is 4.74 Å². The monoisotopic (exact) mass is 428 g/mol. The molecule has 1 atom stereocenters. The number of aromatic nitrogens is 3. The summed E-state index contributed by atoms with van der Waals surface area (Å²) in [6.07, 6.45) is 3.20. The zero-order valence-electron chi connectivity index (χ0n) is 14.5. The normalized spacial score (nSPS) is 19.0. The van der Waals surface area contributed by atoms with Gasteiger partial charge in [-0.05, 0) is 41.3 Å². The van der Waals surface area contributed by atoms with Gasteiger partial charge in [0.2, 0.25) is 5.90 Å². The quantitative estimate of drug-likeness (QED) is 0.450. The number of fused-ring (bicyclic) bond motifs is 1. The molecule has 0 saturated heterocycles. The summed E-state index contributed by atoms with van der Waals surface area (Å²) in [5, 5.41) is 6.75. The maximum atomic E-state index is 6.25. The molecule has 5 nitrogen and oxygen atoms in total. The molecule has 0 amide bonds. The van der Waals surface area contributed by atoms with Crippen LogP contribution >= 0.6 is 34.5 Å². The predicted octanol–water partition coefficient (Wildman–Crippen LogP) is 5.17. The summed E-state index contributed by atoms with van der Waals surface area (Å²) in [6.45, 7) is 0.908. The van der Waals surface area contributed by atoms with Crippen molar-refractivity contribution in [3.63, 3.8) is 0 Å². The Kier molecular flexibility index (Phi) is 4.34. The van der Waals surface area contributed by atoms with Gasteiger partial charge in [0.1, 0.15) is 24.8 Å². The van der Waals surface area contributed by atoms with Gasteiger partial charge in [-0.1, -0.05) is 41.4 Å². The Bertz CT molecular complexity index is 1190. The summed E-state index contributed by atoms with van der Waals surface area (Å²) >= 11 is 14.0. The molecule has 8 heteroatoms. The molecule has 140 valence electrons. The van der Waals surface area contributed by atoms with Crippen LogP contribution in [-0.4, -0.2) is 27.3 Å². The fraction of sp³-hybridized carbons (Fsp3) is 0.150. The lowest BCUT2D eigenvalue weighted by Gasteiger charge is -2.24. The highest BCUT2D eigenvalue weighted by molar-refractivity contribution is 7.20. The number of hydrogen-bond donors (Lipinski definition) is 0. The molecule has 2 aromatic heterocycles. The molecule has 5 rings (SSSR count). The maximum Gasteiger partial charge on any atom is 0.227 e. The van der Waals surface area contributed by atoms with E-state index in [9.17, 15) is 0 Å². The lowest BCUT2D eigenvalue weighted by atomic mass is 9.91. The van der Waals surface area contributed by atoms with Crippen molar-refractivity contribution in [2.24, 2.45) is 4.99 Å². The van der Waals surface area contributed by atoms with E-state index in [2.05, 4.69) is 16.1 Å². The maximum absolute atomic E-state index is 6.25. The highest BCUT2D eigenvalue weighted by atomic mass is 35.5. The van der Waals surface area contributed by atoms with Crippen LogP contribution in [0.15, 0.2) is 66.2 Å². The fourth-order valence-electron chi connectivity index (χ4n) is 3.36. The molecular formula is C20H14Cl2N4OS. The van der Waals surface area contributed by atoms with Crippen LogP contribution in [-0.2, 0) is 16.8 Å². The van der Waals surface area contributed by atoms with Crippen LogP contribution in [0.2, 0.25) is 10.0 Å². The zero-order chi connectivity index (χ0) is 19.1. The van der Waals surface area contributed by atoms with Crippen LogP contribution < -0.4 is 0 Å². The molecule has 3 heterocycles. The Morgan fingerprint density at radius 1 is 1.11 bits per heavy atom. The van der Waals surface area contributed by atoms with Crippen molar-refractivity contribution in [3.05, 3.63) is 81.7 Å². The summed E-state index contributed by atoms with van der Waals surface area (Å²) in [5.74, 6) is 0.623. The van der Waals surface area contributed by atoms with Crippen LogP contribution in [0, 0.1) is 0 Å². The van der Waals surface area contributed by atoms with Gasteiger partial charge >= 0.3 is 0 Å². The molecule has 0 N–H and O–H groups in total. The van der Waals surface area contributed by atoms with Gasteiger partial charge < -0.3 is 4.74 Å². The van der Waals surface area contributed by atoms with Gasteiger partial charge in [0.05, 0.1) is 11.4 Å². The SMILES string of the molecule is Clc1cccc(C2(Cn3cncn3)COC(c3cc4ccc(Cl)cc4s3)=N2)c1. The molecule has 28 heavy (non-hydrogen) atoms. The van der Waals surface area contributed by atoms with Gasteiger partial charge in [-0.15, -0.1) is 11.3 Å². The number of ether oxygens (including phenoxy) is 1. The van der Waals surface area contributed by atoms with Crippen molar-refractivity contribution in [1.29, 1.82) is 0 Å². The second-order valence-corrected chi connectivity index (χ2v) is 8.59. The summed E-state index contributed by atoms with van der Waals surface area (Å²) < 4.78 is 8.95. The van der Waals surface area contributed by atoms with Crippen molar-refractivity contribution >= 4 is 50.5 Å². The second kappa shape index (κ2) is 6.88. The number of nitrogens with zero attached hydrogens (tertiary/aromatic N) is 4. The summed E-state index contributed by atoms with van der Waals surface area (Å²) in [4.78, 5) is 10.0. The van der Waals surface area contributed by atoms with Gasteiger partial charge in [-0.3, -0.25) is 4.68 Å². The first-order chi connectivity index (χ1) is 13.6. The van der Waals surface area contributed by atoms with E-state index < -0.39 is 5.54 Å².